The summed E-state index contributed by atoms with van der Waals surface area (Å²) in [5.74, 6) is 1.08. The number of para-hydroxylation sites is 1. The zero-order valence-corrected chi connectivity index (χ0v) is 12.3. The van der Waals surface area contributed by atoms with E-state index in [1.807, 2.05) is 6.07 Å². The molecule has 5 heteroatoms. The third-order valence-corrected chi connectivity index (χ3v) is 3.21. The summed E-state index contributed by atoms with van der Waals surface area (Å²) in [7, 11) is 0. The quantitative estimate of drug-likeness (QED) is 0.831. The smallest absolute Gasteiger partial charge is 0.145 e. The molecule has 0 radical (unpaired) electrons. The van der Waals surface area contributed by atoms with E-state index in [4.69, 9.17) is 21.6 Å². The van der Waals surface area contributed by atoms with Crippen LogP contribution in [-0.2, 0) is 6.54 Å². The normalized spacial score (nSPS) is 11.7. The van der Waals surface area contributed by atoms with E-state index in [1.165, 1.54) is 0 Å². The Morgan fingerprint density at radius 3 is 2.81 bits per heavy atom. The molecule has 0 aromatic heterocycles. The molecular weight excluding hydrogens is 288 g/mol. The Morgan fingerprint density at radius 1 is 1.33 bits per heavy atom. The van der Waals surface area contributed by atoms with Gasteiger partial charge in [-0.15, -0.1) is 0 Å². The number of hydrogen-bond donors (Lipinski definition) is 2. The monoisotopic (exact) mass is 302 g/mol. The van der Waals surface area contributed by atoms with Gasteiger partial charge in [0, 0.05) is 11.6 Å². The predicted octanol–water partition coefficient (Wildman–Crippen LogP) is 3.43. The maximum absolute atomic E-state index is 9.26. The van der Waals surface area contributed by atoms with Crippen LogP contribution in [0, 0.1) is 11.3 Å². The zero-order chi connectivity index (χ0) is 15.2. The fraction of sp³-hybridized carbons (Fsp3) is 0.188. The van der Waals surface area contributed by atoms with Gasteiger partial charge in [-0.1, -0.05) is 23.7 Å². The van der Waals surface area contributed by atoms with Crippen molar-refractivity contribution < 1.29 is 9.84 Å². The van der Waals surface area contributed by atoms with Crippen molar-refractivity contribution in [3.05, 3.63) is 58.6 Å². The molecule has 1 atom stereocenters. The van der Waals surface area contributed by atoms with E-state index in [0.717, 1.165) is 5.56 Å². The molecule has 0 spiro atoms. The first-order valence-electron chi connectivity index (χ1n) is 6.47. The topological polar surface area (TPSA) is 65.3 Å². The maximum atomic E-state index is 9.26. The van der Waals surface area contributed by atoms with Crippen molar-refractivity contribution in [3.8, 4) is 17.6 Å². The Balaban J connectivity index is 2.21. The van der Waals surface area contributed by atoms with Crippen molar-refractivity contribution in [2.75, 3.05) is 0 Å². The van der Waals surface area contributed by atoms with Crippen LogP contribution in [0.1, 0.15) is 18.1 Å². The van der Waals surface area contributed by atoms with E-state index in [9.17, 15) is 5.11 Å². The molecule has 2 rings (SSSR count). The minimum Gasteiger partial charge on any atom is -0.456 e. The van der Waals surface area contributed by atoms with Crippen molar-refractivity contribution in [2.45, 2.75) is 19.7 Å². The first-order valence-corrected chi connectivity index (χ1v) is 6.85. The molecule has 0 bridgehead atoms. The van der Waals surface area contributed by atoms with Gasteiger partial charge < -0.3 is 9.84 Å². The Kier molecular flexibility index (Phi) is 5.18. The molecule has 21 heavy (non-hydrogen) atoms. The highest BCUT2D eigenvalue weighted by molar-refractivity contribution is 6.31. The van der Waals surface area contributed by atoms with E-state index >= 15 is 0 Å². The Hall–Kier alpha value is -2.06. The van der Waals surface area contributed by atoms with Crippen molar-refractivity contribution in [2.24, 2.45) is 0 Å². The summed E-state index contributed by atoms with van der Waals surface area (Å²) in [4.78, 5) is 0. The van der Waals surface area contributed by atoms with Crippen LogP contribution in [0.5, 0.6) is 11.5 Å². The summed E-state index contributed by atoms with van der Waals surface area (Å²) in [6.07, 6.45) is -0.620. The van der Waals surface area contributed by atoms with Crippen LogP contribution >= 0.6 is 11.6 Å². The molecule has 0 saturated carbocycles. The number of rotatable bonds is 5. The molecule has 0 aliphatic carbocycles. The summed E-state index contributed by atoms with van der Waals surface area (Å²) in [6.45, 7) is 2.06. The number of nitriles is 1. The predicted molar refractivity (Wildman–Crippen MR) is 81.2 cm³/mol. The van der Waals surface area contributed by atoms with Crippen molar-refractivity contribution >= 4 is 11.6 Å². The number of aliphatic hydroxyl groups is 1. The molecule has 2 aromatic rings. The molecule has 0 amide bonds. The summed E-state index contributed by atoms with van der Waals surface area (Å²) in [5.41, 5.74) is 1.28. The third-order valence-electron chi connectivity index (χ3n) is 2.84. The highest BCUT2D eigenvalue weighted by Gasteiger charge is 2.07. The molecule has 0 heterocycles. The summed E-state index contributed by atoms with van der Waals surface area (Å²) < 4.78 is 5.73. The van der Waals surface area contributed by atoms with E-state index in [-0.39, 0.29) is 0 Å². The molecule has 4 nitrogen and oxygen atoms in total. The first kappa shape index (κ1) is 15.3. The van der Waals surface area contributed by atoms with Gasteiger partial charge in [0.05, 0.1) is 5.56 Å². The van der Waals surface area contributed by atoms with E-state index in [0.29, 0.717) is 28.6 Å². The van der Waals surface area contributed by atoms with Crippen LogP contribution in [0.25, 0.3) is 0 Å². The zero-order valence-electron chi connectivity index (χ0n) is 11.5. The highest BCUT2D eigenvalue weighted by Crippen LogP contribution is 2.28. The van der Waals surface area contributed by atoms with Gasteiger partial charge in [0.15, 0.2) is 0 Å². The fourth-order valence-corrected chi connectivity index (χ4v) is 1.97. The number of benzene rings is 2. The SMILES string of the molecule is CC(O)NCc1cc(Oc2ccccc2C#N)ccc1Cl. The average Bonchev–Trinajstić information content (AvgIpc) is 2.48. The van der Waals surface area contributed by atoms with Gasteiger partial charge in [-0.3, -0.25) is 5.32 Å². The molecule has 1 unspecified atom stereocenters. The molecule has 0 aliphatic heterocycles. The number of ether oxygens (including phenoxy) is 1. The van der Waals surface area contributed by atoms with Crippen molar-refractivity contribution in [1.29, 1.82) is 5.26 Å². The lowest BCUT2D eigenvalue weighted by Gasteiger charge is -2.12. The molecule has 2 aromatic carbocycles. The summed E-state index contributed by atoms with van der Waals surface area (Å²) >= 11 is 6.11. The lowest BCUT2D eigenvalue weighted by atomic mass is 10.2. The fourth-order valence-electron chi connectivity index (χ4n) is 1.78. The van der Waals surface area contributed by atoms with Gasteiger partial charge in [0.25, 0.3) is 0 Å². The number of hydrogen-bond acceptors (Lipinski definition) is 4. The maximum Gasteiger partial charge on any atom is 0.145 e. The van der Waals surface area contributed by atoms with Crippen LogP contribution in [0.4, 0.5) is 0 Å². The second-order valence-corrected chi connectivity index (χ2v) is 4.93. The standard InChI is InChI=1S/C16H15ClN2O2/c1-11(20)19-10-13-8-14(6-7-15(13)17)21-16-5-3-2-4-12(16)9-18/h2-8,11,19-20H,10H2,1H3. The van der Waals surface area contributed by atoms with Gasteiger partial charge in [-0.2, -0.15) is 5.26 Å². The van der Waals surface area contributed by atoms with E-state index in [2.05, 4.69) is 11.4 Å². The number of nitrogens with one attached hydrogen (secondary N) is 1. The van der Waals surface area contributed by atoms with Gasteiger partial charge in [-0.25, -0.2) is 0 Å². The van der Waals surface area contributed by atoms with Crippen LogP contribution in [0.2, 0.25) is 5.02 Å². The second kappa shape index (κ2) is 7.09. The van der Waals surface area contributed by atoms with Gasteiger partial charge in [0.1, 0.15) is 23.8 Å². The average molecular weight is 303 g/mol. The lowest BCUT2D eigenvalue weighted by molar-refractivity contribution is 0.155. The van der Waals surface area contributed by atoms with Crippen molar-refractivity contribution in [1.82, 2.24) is 5.32 Å². The molecule has 0 fully saturated rings. The largest absolute Gasteiger partial charge is 0.456 e. The van der Waals surface area contributed by atoms with E-state index in [1.54, 1.807) is 43.3 Å². The minimum atomic E-state index is -0.620. The molecule has 0 saturated heterocycles. The number of aliphatic hydroxyl groups excluding tert-OH is 1. The molecule has 0 aliphatic rings. The lowest BCUT2D eigenvalue weighted by Crippen LogP contribution is -2.24. The van der Waals surface area contributed by atoms with Crippen LogP contribution in [-0.4, -0.2) is 11.3 Å². The molecular formula is C16H15ClN2O2. The van der Waals surface area contributed by atoms with Gasteiger partial charge in [0.2, 0.25) is 0 Å². The van der Waals surface area contributed by atoms with Gasteiger partial charge in [-0.05, 0) is 42.8 Å². The van der Waals surface area contributed by atoms with Gasteiger partial charge >= 0.3 is 0 Å². The third kappa shape index (κ3) is 4.20. The molecule has 2 N–H and O–H groups in total. The van der Waals surface area contributed by atoms with E-state index < -0.39 is 6.23 Å². The Labute approximate surface area is 128 Å². The first-order chi connectivity index (χ1) is 10.1. The highest BCUT2D eigenvalue weighted by atomic mass is 35.5. The summed E-state index contributed by atoms with van der Waals surface area (Å²) in [5, 5.41) is 21.8. The Morgan fingerprint density at radius 2 is 2.10 bits per heavy atom. The molecule has 108 valence electrons. The van der Waals surface area contributed by atoms with Crippen LogP contribution < -0.4 is 10.1 Å². The van der Waals surface area contributed by atoms with Crippen LogP contribution in [0.15, 0.2) is 42.5 Å². The number of halogens is 1. The van der Waals surface area contributed by atoms with Crippen molar-refractivity contribution in [3.63, 3.8) is 0 Å². The number of nitrogens with zero attached hydrogens (tertiary/aromatic N) is 1. The second-order valence-electron chi connectivity index (χ2n) is 4.52. The Bertz CT molecular complexity index is 666. The van der Waals surface area contributed by atoms with Crippen LogP contribution in [0.3, 0.4) is 0 Å². The summed E-state index contributed by atoms with van der Waals surface area (Å²) in [6, 6.07) is 14.4. The minimum absolute atomic E-state index is 0.424.